The maximum atomic E-state index is 12.3. The zero-order valence-corrected chi connectivity index (χ0v) is 12.7. The third-order valence-electron chi connectivity index (χ3n) is 3.12. The molecule has 2 aromatic carbocycles. The lowest BCUT2D eigenvalue weighted by atomic mass is 10.1. The first-order valence-electron chi connectivity index (χ1n) is 6.64. The highest BCUT2D eigenvalue weighted by atomic mass is 32.2. The summed E-state index contributed by atoms with van der Waals surface area (Å²) in [6.07, 6.45) is 0.638. The van der Waals surface area contributed by atoms with Crippen LogP contribution in [0.15, 0.2) is 53.4 Å². The van der Waals surface area contributed by atoms with Crippen LogP contribution in [0.2, 0.25) is 0 Å². The third-order valence-corrected chi connectivity index (χ3v) is 4.64. The Kier molecular flexibility index (Phi) is 4.95. The van der Waals surface area contributed by atoms with Crippen molar-refractivity contribution in [2.45, 2.75) is 18.2 Å². The van der Waals surface area contributed by atoms with Gasteiger partial charge in [-0.15, -0.1) is 0 Å². The molecule has 6 heteroatoms. The molecule has 0 saturated heterocycles. The Hall–Kier alpha value is -1.89. The van der Waals surface area contributed by atoms with Gasteiger partial charge in [-0.2, -0.15) is 0 Å². The maximum absolute atomic E-state index is 12.3. The van der Waals surface area contributed by atoms with Gasteiger partial charge in [0.25, 0.3) is 0 Å². The highest BCUT2D eigenvalue weighted by Crippen LogP contribution is 2.19. The number of aryl methyl sites for hydroxylation is 1. The zero-order valence-electron chi connectivity index (χ0n) is 11.8. The monoisotopic (exact) mass is 305 g/mol. The van der Waals surface area contributed by atoms with Gasteiger partial charge >= 0.3 is 0 Å². The molecule has 21 heavy (non-hydrogen) atoms. The second kappa shape index (κ2) is 6.71. The Morgan fingerprint density at radius 3 is 2.57 bits per heavy atom. The molecule has 4 N–H and O–H groups in total. The molecule has 112 valence electrons. The summed E-state index contributed by atoms with van der Waals surface area (Å²) in [7, 11) is -3.58. The fourth-order valence-electron chi connectivity index (χ4n) is 2.10. The summed E-state index contributed by atoms with van der Waals surface area (Å²) in [4.78, 5) is 0.150. The number of para-hydroxylation sites is 1. The van der Waals surface area contributed by atoms with Crippen molar-refractivity contribution in [3.8, 4) is 0 Å². The number of hydrazine groups is 1. The van der Waals surface area contributed by atoms with E-state index in [9.17, 15) is 8.42 Å². The molecule has 0 aromatic heterocycles. The summed E-state index contributed by atoms with van der Waals surface area (Å²) >= 11 is 0. The van der Waals surface area contributed by atoms with Gasteiger partial charge in [-0.05, 0) is 31.0 Å². The van der Waals surface area contributed by atoms with Crippen LogP contribution >= 0.6 is 0 Å². The van der Waals surface area contributed by atoms with Gasteiger partial charge in [0.2, 0.25) is 10.0 Å². The molecule has 0 saturated carbocycles. The summed E-state index contributed by atoms with van der Waals surface area (Å²) in [6.45, 7) is 2.35. The molecule has 0 aliphatic heterocycles. The number of rotatable bonds is 6. The van der Waals surface area contributed by atoms with Crippen LogP contribution in [0.5, 0.6) is 0 Å². The first-order valence-corrected chi connectivity index (χ1v) is 8.12. The van der Waals surface area contributed by atoms with Gasteiger partial charge in [-0.3, -0.25) is 5.84 Å². The van der Waals surface area contributed by atoms with E-state index in [0.29, 0.717) is 18.7 Å². The molecular formula is C15H19N3O2S. The molecule has 0 radical (unpaired) electrons. The number of nitrogens with two attached hydrogens (primary N) is 1. The lowest BCUT2D eigenvalue weighted by Crippen LogP contribution is -2.27. The van der Waals surface area contributed by atoms with Gasteiger partial charge < -0.3 is 5.43 Å². The Labute approximate surface area is 125 Å². The van der Waals surface area contributed by atoms with Gasteiger partial charge in [0, 0.05) is 6.54 Å². The van der Waals surface area contributed by atoms with Gasteiger partial charge in [-0.1, -0.05) is 42.0 Å². The fourth-order valence-corrected chi connectivity index (χ4v) is 3.30. The third kappa shape index (κ3) is 4.04. The van der Waals surface area contributed by atoms with Crippen LogP contribution in [0.1, 0.15) is 11.1 Å². The Morgan fingerprint density at radius 1 is 1.10 bits per heavy atom. The molecule has 0 heterocycles. The van der Waals surface area contributed by atoms with Crippen molar-refractivity contribution in [3.63, 3.8) is 0 Å². The largest absolute Gasteiger partial charge is 0.323 e. The molecular weight excluding hydrogens is 286 g/mol. The maximum Gasteiger partial charge on any atom is 0.242 e. The lowest BCUT2D eigenvalue weighted by molar-refractivity contribution is 0.582. The number of anilines is 1. The van der Waals surface area contributed by atoms with Crippen LogP contribution in [0, 0.1) is 6.92 Å². The van der Waals surface area contributed by atoms with E-state index in [1.165, 1.54) is 6.07 Å². The van der Waals surface area contributed by atoms with Gasteiger partial charge in [0.05, 0.1) is 5.69 Å². The molecule has 0 amide bonds. The predicted octanol–water partition coefficient (Wildman–Crippen LogP) is 1.80. The topological polar surface area (TPSA) is 84.2 Å². The van der Waals surface area contributed by atoms with E-state index in [2.05, 4.69) is 10.1 Å². The quantitative estimate of drug-likeness (QED) is 0.561. The van der Waals surface area contributed by atoms with Crippen molar-refractivity contribution in [1.82, 2.24) is 4.72 Å². The number of hydrogen-bond donors (Lipinski definition) is 3. The van der Waals surface area contributed by atoms with Crippen molar-refractivity contribution in [1.29, 1.82) is 0 Å². The van der Waals surface area contributed by atoms with E-state index >= 15 is 0 Å². The van der Waals surface area contributed by atoms with Crippen LogP contribution in [0.25, 0.3) is 0 Å². The van der Waals surface area contributed by atoms with E-state index in [0.717, 1.165) is 11.1 Å². The standard InChI is InChI=1S/C15H19N3O2S/c1-12-5-4-6-13(11-12)9-10-17-21(19,20)15-8-3-2-7-14(15)18-16/h2-8,11,17-18H,9-10,16H2,1H3. The number of nitrogen functional groups attached to an aromatic ring is 1. The smallest absolute Gasteiger partial charge is 0.242 e. The van der Waals surface area contributed by atoms with Crippen molar-refractivity contribution in [2.75, 3.05) is 12.0 Å². The van der Waals surface area contributed by atoms with Crippen LogP contribution in [-0.2, 0) is 16.4 Å². The summed E-state index contributed by atoms with van der Waals surface area (Å²) in [6, 6.07) is 14.5. The minimum absolute atomic E-state index is 0.150. The molecule has 0 spiro atoms. The molecule has 0 bridgehead atoms. The second-order valence-corrected chi connectivity index (χ2v) is 6.51. The van der Waals surface area contributed by atoms with E-state index in [1.807, 2.05) is 31.2 Å². The molecule has 5 nitrogen and oxygen atoms in total. The Balaban J connectivity index is 2.05. The van der Waals surface area contributed by atoms with Crippen LogP contribution in [0.4, 0.5) is 5.69 Å². The average molecular weight is 305 g/mol. The number of nitrogens with one attached hydrogen (secondary N) is 2. The normalized spacial score (nSPS) is 11.3. The molecule has 2 rings (SSSR count). The highest BCUT2D eigenvalue weighted by molar-refractivity contribution is 7.89. The summed E-state index contributed by atoms with van der Waals surface area (Å²) in [5.74, 6) is 5.34. The lowest BCUT2D eigenvalue weighted by Gasteiger charge is -2.11. The van der Waals surface area contributed by atoms with Crippen molar-refractivity contribution in [2.24, 2.45) is 5.84 Å². The first-order chi connectivity index (χ1) is 10.0. The van der Waals surface area contributed by atoms with E-state index in [1.54, 1.807) is 18.2 Å². The summed E-state index contributed by atoms with van der Waals surface area (Å²) in [5.41, 5.74) is 5.03. The second-order valence-electron chi connectivity index (χ2n) is 4.78. The van der Waals surface area contributed by atoms with Gasteiger partial charge in [-0.25, -0.2) is 13.1 Å². The van der Waals surface area contributed by atoms with Crippen LogP contribution in [-0.4, -0.2) is 15.0 Å². The fraction of sp³-hybridized carbons (Fsp3) is 0.200. The van der Waals surface area contributed by atoms with Crippen LogP contribution < -0.4 is 16.0 Å². The van der Waals surface area contributed by atoms with E-state index in [-0.39, 0.29) is 4.90 Å². The molecule has 0 aliphatic rings. The number of sulfonamides is 1. The van der Waals surface area contributed by atoms with Crippen molar-refractivity contribution >= 4 is 15.7 Å². The zero-order chi connectivity index (χ0) is 15.3. The minimum Gasteiger partial charge on any atom is -0.323 e. The Morgan fingerprint density at radius 2 is 1.86 bits per heavy atom. The molecule has 0 unspecified atom stereocenters. The molecule has 0 atom stereocenters. The Bertz CT molecular complexity index is 714. The van der Waals surface area contributed by atoms with E-state index < -0.39 is 10.0 Å². The molecule has 0 fully saturated rings. The van der Waals surface area contributed by atoms with Gasteiger partial charge in [0.1, 0.15) is 4.90 Å². The molecule has 2 aromatic rings. The molecule has 0 aliphatic carbocycles. The van der Waals surface area contributed by atoms with Crippen molar-refractivity contribution in [3.05, 3.63) is 59.7 Å². The number of hydrogen-bond acceptors (Lipinski definition) is 4. The van der Waals surface area contributed by atoms with E-state index in [4.69, 9.17) is 5.84 Å². The van der Waals surface area contributed by atoms with Crippen LogP contribution in [0.3, 0.4) is 0 Å². The predicted molar refractivity (Wildman–Crippen MR) is 84.3 cm³/mol. The average Bonchev–Trinajstić information content (AvgIpc) is 2.47. The highest BCUT2D eigenvalue weighted by Gasteiger charge is 2.17. The van der Waals surface area contributed by atoms with Crippen molar-refractivity contribution < 1.29 is 8.42 Å². The SMILES string of the molecule is Cc1cccc(CCNS(=O)(=O)c2ccccc2NN)c1. The minimum atomic E-state index is -3.58. The number of benzene rings is 2. The summed E-state index contributed by atoms with van der Waals surface area (Å²) in [5, 5.41) is 0. The summed E-state index contributed by atoms with van der Waals surface area (Å²) < 4.78 is 27.1. The first kappa shape index (κ1) is 15.5. The van der Waals surface area contributed by atoms with Gasteiger partial charge in [0.15, 0.2) is 0 Å².